The third kappa shape index (κ3) is 4.92. The van der Waals surface area contributed by atoms with Crippen LogP contribution in [0.25, 0.3) is 0 Å². The zero-order valence-corrected chi connectivity index (χ0v) is 18.5. The van der Waals surface area contributed by atoms with E-state index in [1.165, 1.54) is 0 Å². The van der Waals surface area contributed by atoms with E-state index in [4.69, 9.17) is 14.4 Å². The van der Waals surface area contributed by atoms with Crippen molar-refractivity contribution in [2.24, 2.45) is 0 Å². The van der Waals surface area contributed by atoms with Gasteiger partial charge in [-0.25, -0.2) is 9.67 Å². The average Bonchev–Trinajstić information content (AvgIpc) is 3.31. The molecule has 0 spiro atoms. The smallest absolute Gasteiger partial charge is 0.314 e. The van der Waals surface area contributed by atoms with Gasteiger partial charge in [0, 0.05) is 6.42 Å². The van der Waals surface area contributed by atoms with Crippen molar-refractivity contribution in [3.8, 4) is 0 Å². The fourth-order valence-corrected chi connectivity index (χ4v) is 3.65. The van der Waals surface area contributed by atoms with E-state index >= 15 is 0 Å². The number of ketones is 1. The van der Waals surface area contributed by atoms with Crippen LogP contribution in [0.2, 0.25) is 0 Å². The Bertz CT molecular complexity index is 1060. The molecule has 4 rings (SSSR count). The molecule has 0 fully saturated rings. The van der Waals surface area contributed by atoms with Crippen molar-refractivity contribution < 1.29 is 19.1 Å². The fraction of sp³-hybridized carbons (Fsp3) is 0.125. The summed E-state index contributed by atoms with van der Waals surface area (Å²) in [5.74, 6) is 0.177. The van der Waals surface area contributed by atoms with Crippen LogP contribution in [0.3, 0.4) is 0 Å². The van der Waals surface area contributed by atoms with E-state index in [9.17, 15) is 4.79 Å². The van der Waals surface area contributed by atoms with Crippen LogP contribution in [0.1, 0.15) is 40.7 Å². The minimum atomic E-state index is -3.13. The van der Waals surface area contributed by atoms with Gasteiger partial charge >= 0.3 is 8.25 Å². The summed E-state index contributed by atoms with van der Waals surface area (Å²) in [6.45, 7) is 1.82. The van der Waals surface area contributed by atoms with Crippen molar-refractivity contribution >= 4 is 14.0 Å². The number of benzene rings is 3. The fourth-order valence-electron chi connectivity index (χ4n) is 3.65. The molecule has 1 aromatic heterocycles. The molecule has 2 N–H and O–H groups in total. The van der Waals surface area contributed by atoms with Gasteiger partial charge < -0.3 is 9.79 Å². The van der Waals surface area contributed by atoms with E-state index in [2.05, 4.69) is 46.5 Å². The third-order valence-electron chi connectivity index (χ3n) is 4.98. The summed E-state index contributed by atoms with van der Waals surface area (Å²) in [6, 6.07) is 30.6. The van der Waals surface area contributed by atoms with Crippen molar-refractivity contribution in [3.63, 3.8) is 0 Å². The molecule has 4 aromatic rings. The predicted molar refractivity (Wildman–Crippen MR) is 123 cm³/mol. The lowest BCUT2D eigenvalue weighted by atomic mass is 9.77. The molecule has 0 saturated heterocycles. The zero-order valence-electron chi connectivity index (χ0n) is 17.5. The van der Waals surface area contributed by atoms with Crippen LogP contribution in [0.5, 0.6) is 0 Å². The molecule has 0 aliphatic carbocycles. The number of nitrogens with zero attached hydrogens (tertiary/aromatic N) is 3. The molecule has 0 aliphatic heterocycles. The normalized spacial score (nSPS) is 11.0. The van der Waals surface area contributed by atoms with Crippen molar-refractivity contribution in [2.75, 3.05) is 0 Å². The summed E-state index contributed by atoms with van der Waals surface area (Å²) in [5, 5.41) is 4.64. The predicted octanol–water partition coefficient (Wildman–Crippen LogP) is 4.07. The van der Waals surface area contributed by atoms with E-state index in [0.29, 0.717) is 6.42 Å². The summed E-state index contributed by atoms with van der Waals surface area (Å²) in [6.07, 6.45) is 2.04. The molecular weight excluding hydrogens is 425 g/mol. The van der Waals surface area contributed by atoms with Gasteiger partial charge in [-0.3, -0.25) is 9.36 Å². The van der Waals surface area contributed by atoms with E-state index in [1.807, 2.05) is 66.2 Å². The van der Waals surface area contributed by atoms with Crippen LogP contribution in [0.4, 0.5) is 0 Å². The largest absolute Gasteiger partial charge is 0.326 e. The van der Waals surface area contributed by atoms with Crippen LogP contribution < -0.4 is 0 Å². The van der Waals surface area contributed by atoms with Gasteiger partial charge in [0.2, 0.25) is 11.6 Å². The molecule has 0 amide bonds. The molecule has 0 saturated carbocycles. The van der Waals surface area contributed by atoms with Crippen molar-refractivity contribution in [3.05, 3.63) is 120 Å². The maximum absolute atomic E-state index is 12.2. The molecule has 0 aliphatic rings. The maximum atomic E-state index is 12.2. The second kappa shape index (κ2) is 10.8. The van der Waals surface area contributed by atoms with Crippen molar-refractivity contribution in [2.45, 2.75) is 18.9 Å². The second-order valence-electron chi connectivity index (χ2n) is 6.88. The number of carbonyl (C=O) groups excluding carboxylic acids is 1. The number of carbonyl (C=O) groups is 1. The van der Waals surface area contributed by atoms with Gasteiger partial charge in [-0.1, -0.05) is 97.9 Å². The van der Waals surface area contributed by atoms with E-state index in [-0.39, 0.29) is 11.6 Å². The van der Waals surface area contributed by atoms with Gasteiger partial charge in [0.15, 0.2) is 0 Å². The number of hydrogen-bond donors (Lipinski definition) is 2. The van der Waals surface area contributed by atoms with Gasteiger partial charge in [0.1, 0.15) is 11.9 Å². The molecule has 3 aromatic carbocycles. The van der Waals surface area contributed by atoms with Crippen LogP contribution in [0.15, 0.2) is 97.3 Å². The first kappa shape index (κ1) is 23.3. The molecule has 0 bridgehead atoms. The first-order valence-electron chi connectivity index (χ1n) is 10.0. The summed E-state index contributed by atoms with van der Waals surface area (Å²) in [7, 11) is -3.13. The van der Waals surface area contributed by atoms with Gasteiger partial charge in [-0.2, -0.15) is 0 Å². The lowest BCUT2D eigenvalue weighted by molar-refractivity contribution is 0.0977. The maximum Gasteiger partial charge on any atom is 0.314 e. The van der Waals surface area contributed by atoms with E-state index in [1.54, 1.807) is 6.33 Å². The molecule has 8 heteroatoms. The SMILES string of the molecule is CCC(=O)c1ncn(C(c2ccccc2)(c2ccccc2)c2ccccc2)n1.O=[PH](O)O. The summed E-state index contributed by atoms with van der Waals surface area (Å²) in [4.78, 5) is 30.9. The van der Waals surface area contributed by atoms with E-state index in [0.717, 1.165) is 16.7 Å². The molecule has 0 unspecified atom stereocenters. The van der Waals surface area contributed by atoms with E-state index < -0.39 is 13.8 Å². The van der Waals surface area contributed by atoms with Gasteiger partial charge in [-0.15, -0.1) is 5.10 Å². The van der Waals surface area contributed by atoms with Crippen molar-refractivity contribution in [1.29, 1.82) is 0 Å². The molecule has 7 nitrogen and oxygen atoms in total. The highest BCUT2D eigenvalue weighted by Crippen LogP contribution is 2.40. The Labute approximate surface area is 187 Å². The van der Waals surface area contributed by atoms with Crippen LogP contribution >= 0.6 is 8.25 Å². The molecule has 32 heavy (non-hydrogen) atoms. The summed E-state index contributed by atoms with van der Waals surface area (Å²) >= 11 is 0. The first-order chi connectivity index (χ1) is 15.5. The second-order valence-corrected chi connectivity index (χ2v) is 7.45. The third-order valence-corrected chi connectivity index (χ3v) is 4.98. The Kier molecular flexibility index (Phi) is 7.84. The quantitative estimate of drug-likeness (QED) is 0.261. The average molecular weight is 449 g/mol. The molecular formula is C24H24N3O4P. The van der Waals surface area contributed by atoms with Crippen molar-refractivity contribution in [1.82, 2.24) is 14.8 Å². The lowest BCUT2D eigenvalue weighted by Gasteiger charge is -2.35. The summed E-state index contributed by atoms with van der Waals surface area (Å²) < 4.78 is 10.6. The highest BCUT2D eigenvalue weighted by Gasteiger charge is 2.39. The highest BCUT2D eigenvalue weighted by molar-refractivity contribution is 7.30. The lowest BCUT2D eigenvalue weighted by Crippen LogP contribution is -2.38. The van der Waals surface area contributed by atoms with Gasteiger partial charge in [-0.05, 0) is 16.7 Å². The Morgan fingerprint density at radius 3 is 1.56 bits per heavy atom. The number of rotatable bonds is 6. The van der Waals surface area contributed by atoms with Crippen LogP contribution in [0, 0.1) is 0 Å². The van der Waals surface area contributed by atoms with Gasteiger partial charge in [0.25, 0.3) is 0 Å². The topological polar surface area (TPSA) is 105 Å². The molecule has 1 heterocycles. The monoisotopic (exact) mass is 449 g/mol. The zero-order chi connectivity index (χ0) is 23.0. The molecule has 0 atom stereocenters. The minimum Gasteiger partial charge on any atom is -0.326 e. The number of hydrogen-bond acceptors (Lipinski definition) is 4. The Morgan fingerprint density at radius 2 is 1.22 bits per heavy atom. The molecule has 0 radical (unpaired) electrons. The van der Waals surface area contributed by atoms with Gasteiger partial charge in [0.05, 0.1) is 0 Å². The number of aromatic nitrogens is 3. The van der Waals surface area contributed by atoms with Crippen LogP contribution in [-0.2, 0) is 10.1 Å². The van der Waals surface area contributed by atoms with Crippen LogP contribution in [-0.4, -0.2) is 30.3 Å². The first-order valence-corrected chi connectivity index (χ1v) is 11.3. The Morgan fingerprint density at radius 1 is 0.844 bits per heavy atom. The number of Topliss-reactive ketones (excluding diaryl/α,β-unsaturated/α-hetero) is 1. The highest BCUT2D eigenvalue weighted by atomic mass is 31.1. The standard InChI is InChI=1S/C24H21N3O.H3O3P/c1-2-22(28)23-25-18-27(26-23)24(19-12-6-3-7-13-19,20-14-8-4-9-15-20)21-16-10-5-11-17-21;1-4(2)3/h3-18H,2H2,1H3;4H,(H2,1,2,3). The Balaban J connectivity index is 0.000000668. The summed E-state index contributed by atoms with van der Waals surface area (Å²) in [5.41, 5.74) is 2.41. The Hall–Kier alpha value is -3.38. The molecule has 164 valence electrons. The minimum absolute atomic E-state index is 0.0677.